The molecule has 1 aliphatic rings. The molecule has 0 bridgehead atoms. The molecule has 0 aliphatic carbocycles. The molecule has 0 spiro atoms. The number of nitrogens with zero attached hydrogens (tertiary/aromatic N) is 2. The van der Waals surface area contributed by atoms with Crippen molar-refractivity contribution >= 4 is 28.8 Å². The van der Waals surface area contributed by atoms with Gasteiger partial charge in [0.15, 0.2) is 0 Å². The summed E-state index contributed by atoms with van der Waals surface area (Å²) < 4.78 is 0.770. The van der Waals surface area contributed by atoms with Crippen LogP contribution in [0.3, 0.4) is 0 Å². The van der Waals surface area contributed by atoms with E-state index in [1.54, 1.807) is 4.90 Å². The van der Waals surface area contributed by atoms with Crippen LogP contribution >= 0.6 is 22.9 Å². The fourth-order valence-electron chi connectivity index (χ4n) is 2.63. The molecular formula is C15H24ClN3OS. The first-order valence-electron chi connectivity index (χ1n) is 7.44. The van der Waals surface area contributed by atoms with Gasteiger partial charge in [-0.1, -0.05) is 18.0 Å². The van der Waals surface area contributed by atoms with Crippen LogP contribution in [-0.4, -0.2) is 55.5 Å². The second-order valence-corrected chi connectivity index (χ2v) is 7.60. The molecule has 1 aliphatic heterocycles. The number of likely N-dealkylation sites (N-methyl/N-ethyl adjacent to an activating group) is 2. The minimum Gasteiger partial charge on any atom is -0.340 e. The average Bonchev–Trinajstić information content (AvgIpc) is 2.85. The van der Waals surface area contributed by atoms with E-state index in [4.69, 9.17) is 11.6 Å². The molecular weight excluding hydrogens is 306 g/mol. The van der Waals surface area contributed by atoms with Gasteiger partial charge in [-0.3, -0.25) is 9.69 Å². The van der Waals surface area contributed by atoms with Crippen LogP contribution < -0.4 is 5.32 Å². The number of hydrogen-bond acceptors (Lipinski definition) is 4. The number of carbonyl (C=O) groups is 1. The van der Waals surface area contributed by atoms with Gasteiger partial charge in [0.1, 0.15) is 0 Å². The molecule has 21 heavy (non-hydrogen) atoms. The highest BCUT2D eigenvalue weighted by Crippen LogP contribution is 2.22. The third-order valence-corrected chi connectivity index (χ3v) is 5.01. The first kappa shape index (κ1) is 16.7. The van der Waals surface area contributed by atoms with Crippen molar-refractivity contribution in [1.29, 1.82) is 0 Å². The SMILES string of the molecule is CN(CC(=O)N(C)Cc1ccc(Cl)s1)CC1CCCCN1. The molecule has 1 saturated heterocycles. The minimum atomic E-state index is 0.151. The van der Waals surface area contributed by atoms with Crippen molar-refractivity contribution in [2.24, 2.45) is 0 Å². The summed E-state index contributed by atoms with van der Waals surface area (Å²) in [5.74, 6) is 0.151. The summed E-state index contributed by atoms with van der Waals surface area (Å²) in [6, 6.07) is 4.38. The van der Waals surface area contributed by atoms with Crippen molar-refractivity contribution in [3.8, 4) is 0 Å². The zero-order valence-electron chi connectivity index (χ0n) is 12.8. The van der Waals surface area contributed by atoms with E-state index in [0.717, 1.165) is 22.3 Å². The van der Waals surface area contributed by atoms with Crippen molar-refractivity contribution in [1.82, 2.24) is 15.1 Å². The standard InChI is InChI=1S/C15H24ClN3OS/c1-18(9-12-5-3-4-8-17-12)11-15(20)19(2)10-13-6-7-14(16)21-13/h6-7,12,17H,3-5,8-11H2,1-2H3. The lowest BCUT2D eigenvalue weighted by Crippen LogP contribution is -2.45. The highest BCUT2D eigenvalue weighted by Gasteiger charge is 2.18. The minimum absolute atomic E-state index is 0.151. The van der Waals surface area contributed by atoms with Gasteiger partial charge in [-0.2, -0.15) is 0 Å². The van der Waals surface area contributed by atoms with Crippen LogP contribution in [0, 0.1) is 0 Å². The summed E-state index contributed by atoms with van der Waals surface area (Å²) >= 11 is 7.44. The van der Waals surface area contributed by atoms with Crippen LogP contribution in [0.1, 0.15) is 24.1 Å². The Morgan fingerprint density at radius 2 is 2.24 bits per heavy atom. The molecule has 1 aromatic heterocycles. The number of halogens is 1. The highest BCUT2D eigenvalue weighted by atomic mass is 35.5. The van der Waals surface area contributed by atoms with E-state index in [9.17, 15) is 4.79 Å². The van der Waals surface area contributed by atoms with Gasteiger partial charge >= 0.3 is 0 Å². The Balaban J connectivity index is 1.74. The average molecular weight is 330 g/mol. The number of carbonyl (C=O) groups excluding carboxylic acids is 1. The number of hydrogen-bond donors (Lipinski definition) is 1. The first-order valence-corrected chi connectivity index (χ1v) is 8.64. The summed E-state index contributed by atoms with van der Waals surface area (Å²) in [7, 11) is 3.87. The number of rotatable bonds is 6. The third kappa shape index (κ3) is 5.58. The molecule has 1 aromatic rings. The van der Waals surface area contributed by atoms with Crippen molar-refractivity contribution in [2.45, 2.75) is 31.8 Å². The largest absolute Gasteiger partial charge is 0.340 e. The normalized spacial score (nSPS) is 19.0. The van der Waals surface area contributed by atoms with Crippen molar-refractivity contribution in [3.05, 3.63) is 21.3 Å². The van der Waals surface area contributed by atoms with Crippen LogP contribution in [0.2, 0.25) is 4.34 Å². The summed E-state index contributed by atoms with van der Waals surface area (Å²) in [4.78, 5) is 17.2. The second-order valence-electron chi connectivity index (χ2n) is 5.80. The van der Waals surface area contributed by atoms with Gasteiger partial charge < -0.3 is 10.2 Å². The molecule has 1 unspecified atom stereocenters. The Morgan fingerprint density at radius 3 is 2.86 bits per heavy atom. The number of piperidine rings is 1. The summed E-state index contributed by atoms with van der Waals surface area (Å²) in [6.07, 6.45) is 3.77. The monoisotopic (exact) mass is 329 g/mol. The number of thiophene rings is 1. The first-order chi connectivity index (χ1) is 10.0. The molecule has 1 amide bonds. The Labute approximate surface area is 136 Å². The number of amides is 1. The van der Waals surface area contributed by atoms with E-state index in [-0.39, 0.29) is 5.91 Å². The van der Waals surface area contributed by atoms with Crippen LogP contribution in [0.5, 0.6) is 0 Å². The lowest BCUT2D eigenvalue weighted by Gasteiger charge is -2.28. The Morgan fingerprint density at radius 1 is 1.43 bits per heavy atom. The van der Waals surface area contributed by atoms with Gasteiger partial charge in [0.2, 0.25) is 5.91 Å². The Hall–Kier alpha value is -0.620. The van der Waals surface area contributed by atoms with E-state index in [0.29, 0.717) is 19.1 Å². The van der Waals surface area contributed by atoms with Gasteiger partial charge in [-0.05, 0) is 38.6 Å². The maximum Gasteiger partial charge on any atom is 0.236 e. The third-order valence-electron chi connectivity index (χ3n) is 3.80. The van der Waals surface area contributed by atoms with Gasteiger partial charge in [0.05, 0.1) is 17.4 Å². The molecule has 0 aromatic carbocycles. The van der Waals surface area contributed by atoms with E-state index < -0.39 is 0 Å². The van der Waals surface area contributed by atoms with Crippen molar-refractivity contribution in [2.75, 3.05) is 33.7 Å². The van der Waals surface area contributed by atoms with Gasteiger partial charge in [0.25, 0.3) is 0 Å². The topological polar surface area (TPSA) is 35.6 Å². The molecule has 2 rings (SSSR count). The molecule has 118 valence electrons. The molecule has 0 radical (unpaired) electrons. The lowest BCUT2D eigenvalue weighted by atomic mass is 10.0. The quantitative estimate of drug-likeness (QED) is 0.870. The molecule has 1 N–H and O–H groups in total. The number of nitrogens with one attached hydrogen (secondary N) is 1. The predicted octanol–water partition coefficient (Wildman–Crippen LogP) is 2.43. The van der Waals surface area contributed by atoms with Gasteiger partial charge in [0, 0.05) is 24.5 Å². The fourth-order valence-corrected chi connectivity index (χ4v) is 3.77. The zero-order chi connectivity index (χ0) is 15.2. The zero-order valence-corrected chi connectivity index (χ0v) is 14.3. The summed E-state index contributed by atoms with van der Waals surface area (Å²) in [5.41, 5.74) is 0. The maximum absolute atomic E-state index is 12.2. The molecule has 1 fully saturated rings. The van der Waals surface area contributed by atoms with E-state index in [1.807, 2.05) is 26.2 Å². The maximum atomic E-state index is 12.2. The molecule has 0 saturated carbocycles. The summed E-state index contributed by atoms with van der Waals surface area (Å²) in [5, 5.41) is 3.52. The Bertz CT molecular complexity index is 460. The van der Waals surface area contributed by atoms with Crippen LogP contribution in [0.25, 0.3) is 0 Å². The van der Waals surface area contributed by atoms with Crippen molar-refractivity contribution in [3.63, 3.8) is 0 Å². The summed E-state index contributed by atoms with van der Waals surface area (Å²) in [6.45, 7) is 3.13. The Kier molecular flexibility index (Phi) is 6.48. The van der Waals surface area contributed by atoms with E-state index in [2.05, 4.69) is 10.2 Å². The molecule has 1 atom stereocenters. The van der Waals surface area contributed by atoms with Crippen molar-refractivity contribution < 1.29 is 4.79 Å². The lowest BCUT2D eigenvalue weighted by molar-refractivity contribution is -0.131. The van der Waals surface area contributed by atoms with Gasteiger partial charge in [-0.15, -0.1) is 11.3 Å². The van der Waals surface area contributed by atoms with Crippen LogP contribution in [-0.2, 0) is 11.3 Å². The molecule has 6 heteroatoms. The second kappa shape index (κ2) is 8.13. The van der Waals surface area contributed by atoms with E-state index >= 15 is 0 Å². The van der Waals surface area contributed by atoms with E-state index in [1.165, 1.54) is 30.6 Å². The smallest absolute Gasteiger partial charge is 0.236 e. The van der Waals surface area contributed by atoms with Crippen LogP contribution in [0.15, 0.2) is 12.1 Å². The van der Waals surface area contributed by atoms with Crippen LogP contribution in [0.4, 0.5) is 0 Å². The molecule has 4 nitrogen and oxygen atoms in total. The molecule has 2 heterocycles. The fraction of sp³-hybridized carbons (Fsp3) is 0.667. The van der Waals surface area contributed by atoms with Gasteiger partial charge in [-0.25, -0.2) is 0 Å². The predicted molar refractivity (Wildman–Crippen MR) is 88.9 cm³/mol. The highest BCUT2D eigenvalue weighted by molar-refractivity contribution is 7.16.